The van der Waals surface area contributed by atoms with Crippen LogP contribution in [0.15, 0.2) is 0 Å². The first-order chi connectivity index (χ1) is 7.33. The first kappa shape index (κ1) is 13.3. The zero-order valence-electron chi connectivity index (χ0n) is 10.1. The third-order valence-corrected chi connectivity index (χ3v) is 4.07. The van der Waals surface area contributed by atoms with Crippen LogP contribution in [0, 0.1) is 5.41 Å². The molecule has 0 bridgehead atoms. The molecule has 0 amide bonds. The molecule has 0 radical (unpaired) electrons. The van der Waals surface area contributed by atoms with E-state index in [-0.39, 0.29) is 0 Å². The van der Waals surface area contributed by atoms with Crippen molar-refractivity contribution >= 4 is 11.6 Å². The molecular formula is C13H25ClO. The minimum atomic E-state index is 0.312. The minimum Gasteiger partial charge on any atom is -0.381 e. The van der Waals surface area contributed by atoms with Crippen LogP contribution in [0.3, 0.4) is 0 Å². The summed E-state index contributed by atoms with van der Waals surface area (Å²) in [6.07, 6.45) is 10.5. The zero-order chi connectivity index (χ0) is 11.0. The third kappa shape index (κ3) is 4.74. The van der Waals surface area contributed by atoms with Gasteiger partial charge in [0.25, 0.3) is 0 Å². The van der Waals surface area contributed by atoms with Crippen molar-refractivity contribution in [1.29, 1.82) is 0 Å². The van der Waals surface area contributed by atoms with Gasteiger partial charge in [-0.2, -0.15) is 0 Å². The summed E-state index contributed by atoms with van der Waals surface area (Å²) in [7, 11) is 0. The van der Waals surface area contributed by atoms with Crippen molar-refractivity contribution in [3.8, 4) is 0 Å². The lowest BCUT2D eigenvalue weighted by atomic mass is 9.80. The van der Waals surface area contributed by atoms with E-state index in [4.69, 9.17) is 16.3 Å². The van der Waals surface area contributed by atoms with Crippen molar-refractivity contribution in [1.82, 2.24) is 0 Å². The molecule has 0 spiro atoms. The molecule has 15 heavy (non-hydrogen) atoms. The molecule has 1 aliphatic rings. The van der Waals surface area contributed by atoms with Gasteiger partial charge < -0.3 is 4.74 Å². The highest BCUT2D eigenvalue weighted by atomic mass is 35.5. The molecule has 0 aliphatic carbocycles. The summed E-state index contributed by atoms with van der Waals surface area (Å²) >= 11 is 6.10. The first-order valence-electron chi connectivity index (χ1n) is 6.47. The van der Waals surface area contributed by atoms with Crippen molar-refractivity contribution < 1.29 is 4.74 Å². The Kier molecular flexibility index (Phi) is 6.67. The standard InChI is InChI=1S/C13H25ClO/c1-2-3-4-5-6-8-13(11-14)9-7-10-15-12-13/h2-12H2,1H3. The lowest BCUT2D eigenvalue weighted by Crippen LogP contribution is -2.33. The molecule has 1 aliphatic heterocycles. The number of halogens is 1. The highest BCUT2D eigenvalue weighted by Crippen LogP contribution is 2.35. The molecule has 1 nitrogen and oxygen atoms in total. The van der Waals surface area contributed by atoms with Crippen LogP contribution in [0.1, 0.15) is 58.3 Å². The van der Waals surface area contributed by atoms with Crippen LogP contribution in [0.2, 0.25) is 0 Å². The fourth-order valence-corrected chi connectivity index (χ4v) is 2.73. The number of unbranched alkanes of at least 4 members (excludes halogenated alkanes) is 4. The number of ether oxygens (including phenoxy) is 1. The Morgan fingerprint density at radius 1 is 1.20 bits per heavy atom. The van der Waals surface area contributed by atoms with Crippen LogP contribution >= 0.6 is 11.6 Å². The van der Waals surface area contributed by atoms with Crippen LogP contribution < -0.4 is 0 Å². The second kappa shape index (κ2) is 7.51. The summed E-state index contributed by atoms with van der Waals surface area (Å²) in [5.41, 5.74) is 0.312. The highest BCUT2D eigenvalue weighted by Gasteiger charge is 2.31. The Hall–Kier alpha value is 0.250. The average Bonchev–Trinajstić information content (AvgIpc) is 2.30. The Balaban J connectivity index is 2.15. The third-order valence-electron chi connectivity index (χ3n) is 3.50. The molecule has 2 heteroatoms. The maximum Gasteiger partial charge on any atom is 0.0533 e. The van der Waals surface area contributed by atoms with Gasteiger partial charge in [0.15, 0.2) is 0 Å². The predicted octanol–water partition coefficient (Wildman–Crippen LogP) is 4.38. The van der Waals surface area contributed by atoms with Crippen molar-refractivity contribution in [3.63, 3.8) is 0 Å². The van der Waals surface area contributed by atoms with Crippen LogP contribution in [0.5, 0.6) is 0 Å². The molecular weight excluding hydrogens is 208 g/mol. The fraction of sp³-hybridized carbons (Fsp3) is 1.00. The van der Waals surface area contributed by atoms with Gasteiger partial charge in [-0.1, -0.05) is 39.0 Å². The molecule has 0 saturated carbocycles. The lowest BCUT2D eigenvalue weighted by Gasteiger charge is -2.35. The molecule has 1 atom stereocenters. The lowest BCUT2D eigenvalue weighted by molar-refractivity contribution is -0.00119. The van der Waals surface area contributed by atoms with E-state index in [0.717, 1.165) is 19.1 Å². The SMILES string of the molecule is CCCCCCCC1(CCl)CCCOC1. The Morgan fingerprint density at radius 2 is 2.00 bits per heavy atom. The van der Waals surface area contributed by atoms with Crippen molar-refractivity contribution in [2.45, 2.75) is 58.3 Å². The number of alkyl halides is 1. The minimum absolute atomic E-state index is 0.312. The maximum atomic E-state index is 6.10. The first-order valence-corrected chi connectivity index (χ1v) is 7.00. The van der Waals surface area contributed by atoms with Crippen LogP contribution in [-0.2, 0) is 4.74 Å². The summed E-state index contributed by atoms with van der Waals surface area (Å²) in [5, 5.41) is 0. The summed E-state index contributed by atoms with van der Waals surface area (Å²) in [6, 6.07) is 0. The Bertz CT molecular complexity index is 153. The van der Waals surface area contributed by atoms with E-state index in [9.17, 15) is 0 Å². The average molecular weight is 233 g/mol. The molecule has 0 N–H and O–H groups in total. The van der Waals surface area contributed by atoms with Gasteiger partial charge in [0.1, 0.15) is 0 Å². The van der Waals surface area contributed by atoms with E-state index in [1.165, 1.54) is 51.4 Å². The normalized spacial score (nSPS) is 26.8. The molecule has 1 saturated heterocycles. The van der Waals surface area contributed by atoms with Crippen molar-refractivity contribution in [2.75, 3.05) is 19.1 Å². The molecule has 0 aromatic heterocycles. The molecule has 1 heterocycles. The second-order valence-electron chi connectivity index (χ2n) is 4.95. The van der Waals surface area contributed by atoms with Crippen LogP contribution in [0.4, 0.5) is 0 Å². The van der Waals surface area contributed by atoms with Crippen molar-refractivity contribution in [2.24, 2.45) is 5.41 Å². The monoisotopic (exact) mass is 232 g/mol. The molecule has 90 valence electrons. The Morgan fingerprint density at radius 3 is 2.60 bits per heavy atom. The van der Waals surface area contributed by atoms with Gasteiger partial charge in [0, 0.05) is 17.9 Å². The summed E-state index contributed by atoms with van der Waals surface area (Å²) in [6.45, 7) is 4.09. The zero-order valence-corrected chi connectivity index (χ0v) is 10.8. The maximum absolute atomic E-state index is 6.10. The molecule has 1 fully saturated rings. The number of rotatable bonds is 7. The second-order valence-corrected chi connectivity index (χ2v) is 5.22. The van der Waals surface area contributed by atoms with Gasteiger partial charge in [-0.25, -0.2) is 0 Å². The summed E-state index contributed by atoms with van der Waals surface area (Å²) in [4.78, 5) is 0. The molecule has 1 rings (SSSR count). The van der Waals surface area contributed by atoms with E-state index in [1.54, 1.807) is 0 Å². The van der Waals surface area contributed by atoms with E-state index < -0.39 is 0 Å². The Labute approximate surface area is 99.5 Å². The van der Waals surface area contributed by atoms with Crippen LogP contribution in [0.25, 0.3) is 0 Å². The fourth-order valence-electron chi connectivity index (χ4n) is 2.38. The smallest absolute Gasteiger partial charge is 0.0533 e. The van der Waals surface area contributed by atoms with Gasteiger partial charge in [0.2, 0.25) is 0 Å². The number of hydrogen-bond donors (Lipinski definition) is 0. The largest absolute Gasteiger partial charge is 0.381 e. The van der Waals surface area contributed by atoms with E-state index >= 15 is 0 Å². The summed E-state index contributed by atoms with van der Waals surface area (Å²) in [5.74, 6) is 0.779. The van der Waals surface area contributed by atoms with Gasteiger partial charge in [0.05, 0.1) is 6.61 Å². The van der Waals surface area contributed by atoms with Gasteiger partial charge in [-0.15, -0.1) is 11.6 Å². The molecule has 1 unspecified atom stereocenters. The topological polar surface area (TPSA) is 9.23 Å². The van der Waals surface area contributed by atoms with Gasteiger partial charge in [-0.3, -0.25) is 0 Å². The summed E-state index contributed by atoms with van der Waals surface area (Å²) < 4.78 is 5.57. The van der Waals surface area contributed by atoms with E-state index in [2.05, 4.69) is 6.92 Å². The van der Waals surface area contributed by atoms with E-state index in [1.807, 2.05) is 0 Å². The van der Waals surface area contributed by atoms with Gasteiger partial charge >= 0.3 is 0 Å². The predicted molar refractivity (Wildman–Crippen MR) is 66.6 cm³/mol. The molecule has 0 aromatic carbocycles. The van der Waals surface area contributed by atoms with Gasteiger partial charge in [-0.05, 0) is 19.3 Å². The van der Waals surface area contributed by atoms with Crippen molar-refractivity contribution in [3.05, 3.63) is 0 Å². The quantitative estimate of drug-likeness (QED) is 0.468. The van der Waals surface area contributed by atoms with Crippen LogP contribution in [-0.4, -0.2) is 19.1 Å². The van der Waals surface area contributed by atoms with E-state index in [0.29, 0.717) is 5.41 Å². The molecule has 0 aromatic rings. The number of hydrogen-bond acceptors (Lipinski definition) is 1. The highest BCUT2D eigenvalue weighted by molar-refractivity contribution is 6.18.